The van der Waals surface area contributed by atoms with Gasteiger partial charge in [0.05, 0.1) is 0 Å². The first-order chi connectivity index (χ1) is 15.6. The number of anilines is 2. The van der Waals surface area contributed by atoms with Gasteiger partial charge in [0.25, 0.3) is 0 Å². The first-order valence-corrected chi connectivity index (χ1v) is 11.2. The van der Waals surface area contributed by atoms with Crippen molar-refractivity contribution in [2.24, 2.45) is 0 Å². The molecule has 1 N–H and O–H groups in total. The summed E-state index contributed by atoms with van der Waals surface area (Å²) in [6, 6.07) is 39.4. The van der Waals surface area contributed by atoms with E-state index in [0.29, 0.717) is 0 Å². The van der Waals surface area contributed by atoms with E-state index in [2.05, 4.69) is 128 Å². The van der Waals surface area contributed by atoms with E-state index in [1.165, 1.54) is 44.2 Å². The highest BCUT2D eigenvalue weighted by atomic mass is 14.9. The molecule has 0 saturated heterocycles. The quantitative estimate of drug-likeness (QED) is 0.313. The molecule has 5 aromatic carbocycles. The van der Waals surface area contributed by atoms with Gasteiger partial charge in [-0.2, -0.15) is 0 Å². The van der Waals surface area contributed by atoms with Crippen molar-refractivity contribution in [3.8, 4) is 22.3 Å². The van der Waals surface area contributed by atoms with E-state index < -0.39 is 0 Å². The van der Waals surface area contributed by atoms with Gasteiger partial charge >= 0.3 is 0 Å². The topological polar surface area (TPSA) is 12.0 Å². The molecule has 154 valence electrons. The highest BCUT2D eigenvalue weighted by molar-refractivity contribution is 5.91. The molecule has 1 aliphatic rings. The summed E-state index contributed by atoms with van der Waals surface area (Å²) in [7, 11) is 0. The van der Waals surface area contributed by atoms with Gasteiger partial charge in [0, 0.05) is 16.8 Å². The van der Waals surface area contributed by atoms with Crippen LogP contribution in [0.3, 0.4) is 0 Å². The fourth-order valence-electron chi connectivity index (χ4n) is 5.10. The van der Waals surface area contributed by atoms with Crippen LogP contribution < -0.4 is 5.32 Å². The van der Waals surface area contributed by atoms with Gasteiger partial charge in [0.2, 0.25) is 0 Å². The van der Waals surface area contributed by atoms with Crippen molar-refractivity contribution in [2.75, 3.05) is 5.32 Å². The van der Waals surface area contributed by atoms with Crippen molar-refractivity contribution in [3.05, 3.63) is 120 Å². The Morgan fingerprint density at radius 1 is 0.500 bits per heavy atom. The Hall–Kier alpha value is -3.84. The van der Waals surface area contributed by atoms with Crippen LogP contribution in [-0.4, -0.2) is 0 Å². The second-order valence-corrected chi connectivity index (χ2v) is 9.20. The molecule has 0 amide bonds. The minimum absolute atomic E-state index is 0.0455. The van der Waals surface area contributed by atoms with Crippen LogP contribution in [-0.2, 0) is 5.41 Å². The lowest BCUT2D eigenvalue weighted by Gasteiger charge is -2.21. The monoisotopic (exact) mass is 411 g/mol. The van der Waals surface area contributed by atoms with Crippen molar-refractivity contribution in [3.63, 3.8) is 0 Å². The van der Waals surface area contributed by atoms with E-state index >= 15 is 0 Å². The molecule has 1 aliphatic carbocycles. The highest BCUT2D eigenvalue weighted by Gasteiger charge is 2.34. The number of rotatable bonds is 3. The smallest absolute Gasteiger partial charge is 0.0390 e. The molecule has 0 radical (unpaired) electrons. The summed E-state index contributed by atoms with van der Waals surface area (Å²) in [4.78, 5) is 0. The minimum atomic E-state index is 0.0455. The van der Waals surface area contributed by atoms with Crippen LogP contribution >= 0.6 is 0 Å². The lowest BCUT2D eigenvalue weighted by atomic mass is 9.82. The average Bonchev–Trinajstić information content (AvgIpc) is 3.06. The molecule has 1 heteroatoms. The van der Waals surface area contributed by atoms with Gasteiger partial charge < -0.3 is 5.32 Å². The van der Waals surface area contributed by atoms with Crippen LogP contribution in [0.4, 0.5) is 11.4 Å². The van der Waals surface area contributed by atoms with Gasteiger partial charge in [-0.05, 0) is 74.5 Å². The van der Waals surface area contributed by atoms with E-state index in [4.69, 9.17) is 0 Å². The predicted octanol–water partition coefficient (Wildman–Crippen LogP) is 8.56. The molecule has 0 spiro atoms. The predicted molar refractivity (Wildman–Crippen MR) is 137 cm³/mol. The molecule has 0 aromatic heterocycles. The van der Waals surface area contributed by atoms with Crippen molar-refractivity contribution >= 4 is 22.1 Å². The molecule has 5 aromatic rings. The average molecular weight is 412 g/mol. The second kappa shape index (κ2) is 7.10. The van der Waals surface area contributed by atoms with Crippen molar-refractivity contribution in [1.29, 1.82) is 0 Å². The van der Waals surface area contributed by atoms with Gasteiger partial charge in [-0.3, -0.25) is 0 Å². The number of fused-ring (bicyclic) bond motifs is 4. The molecule has 6 rings (SSSR count). The number of hydrogen-bond acceptors (Lipinski definition) is 1. The molecule has 0 heterocycles. The summed E-state index contributed by atoms with van der Waals surface area (Å²) in [5, 5.41) is 6.12. The zero-order valence-electron chi connectivity index (χ0n) is 18.4. The van der Waals surface area contributed by atoms with E-state index in [9.17, 15) is 0 Å². The van der Waals surface area contributed by atoms with Gasteiger partial charge in [-0.1, -0.05) is 92.7 Å². The molecule has 0 fully saturated rings. The van der Waals surface area contributed by atoms with Crippen LogP contribution in [0.15, 0.2) is 109 Å². The maximum absolute atomic E-state index is 3.63. The van der Waals surface area contributed by atoms with Gasteiger partial charge in [-0.25, -0.2) is 0 Å². The van der Waals surface area contributed by atoms with E-state index in [-0.39, 0.29) is 5.41 Å². The first kappa shape index (κ1) is 18.9. The number of hydrogen-bond donors (Lipinski definition) is 1. The summed E-state index contributed by atoms with van der Waals surface area (Å²) < 4.78 is 0. The van der Waals surface area contributed by atoms with Crippen molar-refractivity contribution in [2.45, 2.75) is 19.3 Å². The zero-order valence-corrected chi connectivity index (χ0v) is 18.4. The summed E-state index contributed by atoms with van der Waals surface area (Å²) >= 11 is 0. The fourth-order valence-corrected chi connectivity index (χ4v) is 5.10. The Morgan fingerprint density at radius 3 is 2.03 bits per heavy atom. The Labute approximate surface area is 189 Å². The largest absolute Gasteiger partial charge is 0.355 e. The minimum Gasteiger partial charge on any atom is -0.355 e. The molecule has 0 unspecified atom stereocenters. The third kappa shape index (κ3) is 3.01. The lowest BCUT2D eigenvalue weighted by Crippen LogP contribution is -2.14. The third-order valence-corrected chi connectivity index (χ3v) is 6.82. The SMILES string of the molecule is CC1(C)c2ccccc2-c2cc(Nc3ccc4cc(-c5ccccc5)ccc4c3)ccc21. The van der Waals surface area contributed by atoms with Crippen molar-refractivity contribution < 1.29 is 0 Å². The third-order valence-electron chi connectivity index (χ3n) is 6.82. The van der Waals surface area contributed by atoms with Crippen LogP contribution in [0.25, 0.3) is 33.0 Å². The second-order valence-electron chi connectivity index (χ2n) is 9.20. The molecule has 0 atom stereocenters. The molecule has 1 nitrogen and oxygen atoms in total. The Balaban J connectivity index is 1.33. The molecule has 32 heavy (non-hydrogen) atoms. The van der Waals surface area contributed by atoms with Crippen LogP contribution in [0.2, 0.25) is 0 Å². The fraction of sp³-hybridized carbons (Fsp3) is 0.0968. The van der Waals surface area contributed by atoms with Crippen LogP contribution in [0, 0.1) is 0 Å². The lowest BCUT2D eigenvalue weighted by molar-refractivity contribution is 0.660. The van der Waals surface area contributed by atoms with Crippen LogP contribution in [0.5, 0.6) is 0 Å². The van der Waals surface area contributed by atoms with Crippen LogP contribution in [0.1, 0.15) is 25.0 Å². The number of benzene rings is 5. The Bertz CT molecular complexity index is 1460. The van der Waals surface area contributed by atoms with Gasteiger partial charge in [0.15, 0.2) is 0 Å². The normalized spacial score (nSPS) is 13.6. The first-order valence-electron chi connectivity index (χ1n) is 11.2. The Kier molecular flexibility index (Phi) is 4.19. The highest BCUT2D eigenvalue weighted by Crippen LogP contribution is 2.49. The molecular formula is C31H25N. The maximum atomic E-state index is 3.63. The van der Waals surface area contributed by atoms with Gasteiger partial charge in [0.1, 0.15) is 0 Å². The van der Waals surface area contributed by atoms with E-state index in [0.717, 1.165) is 11.4 Å². The maximum Gasteiger partial charge on any atom is 0.0390 e. The summed E-state index contributed by atoms with van der Waals surface area (Å²) in [6.45, 7) is 4.63. The molecule has 0 saturated carbocycles. The number of nitrogens with one attached hydrogen (secondary N) is 1. The zero-order chi connectivity index (χ0) is 21.7. The van der Waals surface area contributed by atoms with Crippen molar-refractivity contribution in [1.82, 2.24) is 0 Å². The summed E-state index contributed by atoms with van der Waals surface area (Å²) in [5.74, 6) is 0. The molecule has 0 bridgehead atoms. The summed E-state index contributed by atoms with van der Waals surface area (Å²) in [6.07, 6.45) is 0. The molecular weight excluding hydrogens is 386 g/mol. The standard InChI is InChI=1S/C31H25N/c1-31(2)29-11-7-6-10-27(29)28-20-26(16-17-30(28)31)32-25-15-14-23-18-22(12-13-24(23)19-25)21-8-4-3-5-9-21/h3-20,32H,1-2H3. The van der Waals surface area contributed by atoms with E-state index in [1.54, 1.807) is 0 Å². The Morgan fingerprint density at radius 2 is 1.16 bits per heavy atom. The summed E-state index contributed by atoms with van der Waals surface area (Å²) in [5.41, 5.74) is 10.3. The molecule has 0 aliphatic heterocycles. The van der Waals surface area contributed by atoms with Gasteiger partial charge in [-0.15, -0.1) is 0 Å². The van der Waals surface area contributed by atoms with E-state index in [1.807, 2.05) is 0 Å².